The molecule has 4 rings (SSSR count). The standard InChI is InChI=1S/C16H15BrClN5O2S/c17-9-3-1-2-8(4-9)5-19-13-11-14(22-16(18)21-13)23(7-20-11)15-12(25)10(24)6-26-15/h1-4,7,10,12,15,24-25H,5-6H2,(H,19,21,22)/t10-,12-,15-/m1/s1. The minimum Gasteiger partial charge on any atom is -0.389 e. The van der Waals surface area contributed by atoms with Crippen LogP contribution >= 0.6 is 39.3 Å². The van der Waals surface area contributed by atoms with E-state index in [-0.39, 0.29) is 10.7 Å². The lowest BCUT2D eigenvalue weighted by Crippen LogP contribution is -2.27. The topological polar surface area (TPSA) is 96.1 Å². The van der Waals surface area contributed by atoms with Crippen LogP contribution in [0.1, 0.15) is 10.9 Å². The van der Waals surface area contributed by atoms with E-state index >= 15 is 0 Å². The van der Waals surface area contributed by atoms with E-state index in [0.717, 1.165) is 10.0 Å². The Hall–Kier alpha value is -1.39. The molecule has 3 aromatic rings. The molecule has 2 aromatic heterocycles. The Morgan fingerprint density at radius 3 is 2.92 bits per heavy atom. The first kappa shape index (κ1) is 18.0. The number of anilines is 1. The maximum Gasteiger partial charge on any atom is 0.226 e. The minimum atomic E-state index is -0.885. The van der Waals surface area contributed by atoms with Gasteiger partial charge in [-0.15, -0.1) is 11.8 Å². The van der Waals surface area contributed by atoms with Crippen molar-refractivity contribution in [1.82, 2.24) is 19.5 Å². The van der Waals surface area contributed by atoms with E-state index in [1.807, 2.05) is 24.3 Å². The Morgan fingerprint density at radius 1 is 1.35 bits per heavy atom. The maximum absolute atomic E-state index is 10.2. The molecule has 1 fully saturated rings. The van der Waals surface area contributed by atoms with Crippen LogP contribution in [0.3, 0.4) is 0 Å². The molecule has 3 N–H and O–H groups in total. The van der Waals surface area contributed by atoms with Gasteiger partial charge in [-0.25, -0.2) is 4.98 Å². The number of fused-ring (bicyclic) bond motifs is 1. The summed E-state index contributed by atoms with van der Waals surface area (Å²) in [6, 6.07) is 7.94. The molecule has 0 spiro atoms. The van der Waals surface area contributed by atoms with Gasteiger partial charge in [0.1, 0.15) is 11.5 Å². The van der Waals surface area contributed by atoms with Crippen molar-refractivity contribution in [2.75, 3.05) is 11.1 Å². The molecular formula is C16H15BrClN5O2S. The van der Waals surface area contributed by atoms with Crippen molar-refractivity contribution in [2.45, 2.75) is 24.1 Å². The van der Waals surface area contributed by atoms with Gasteiger partial charge in [-0.3, -0.25) is 4.57 Å². The zero-order chi connectivity index (χ0) is 18.3. The summed E-state index contributed by atoms with van der Waals surface area (Å²) in [5.74, 6) is 0.981. The summed E-state index contributed by atoms with van der Waals surface area (Å²) in [6.45, 7) is 0.550. The second-order valence-electron chi connectivity index (χ2n) is 5.93. The molecule has 0 aliphatic carbocycles. The fourth-order valence-electron chi connectivity index (χ4n) is 2.86. The molecule has 10 heteroatoms. The third-order valence-electron chi connectivity index (χ3n) is 4.14. The van der Waals surface area contributed by atoms with Crippen molar-refractivity contribution in [3.63, 3.8) is 0 Å². The first-order valence-corrected chi connectivity index (χ1v) is 10.1. The highest BCUT2D eigenvalue weighted by atomic mass is 79.9. The Balaban J connectivity index is 1.66. The van der Waals surface area contributed by atoms with Crippen LogP contribution in [0.2, 0.25) is 5.28 Å². The lowest BCUT2D eigenvalue weighted by atomic mass is 10.2. The van der Waals surface area contributed by atoms with Crippen molar-refractivity contribution < 1.29 is 10.2 Å². The Labute approximate surface area is 166 Å². The number of benzene rings is 1. The molecule has 136 valence electrons. The predicted octanol–water partition coefficient (Wildman–Crippen LogP) is 2.82. The summed E-state index contributed by atoms with van der Waals surface area (Å²) in [5, 5.41) is 23.0. The fourth-order valence-corrected chi connectivity index (χ4v) is 4.76. The van der Waals surface area contributed by atoms with E-state index in [2.05, 4.69) is 36.2 Å². The molecule has 1 saturated heterocycles. The van der Waals surface area contributed by atoms with Crippen molar-refractivity contribution in [3.8, 4) is 0 Å². The zero-order valence-corrected chi connectivity index (χ0v) is 16.5. The number of rotatable bonds is 4. The van der Waals surface area contributed by atoms with Crippen LogP contribution in [-0.2, 0) is 6.54 Å². The molecule has 0 saturated carbocycles. The van der Waals surface area contributed by atoms with E-state index in [1.54, 1.807) is 10.9 Å². The lowest BCUT2D eigenvalue weighted by Gasteiger charge is -2.17. The van der Waals surface area contributed by atoms with Gasteiger partial charge in [0.15, 0.2) is 17.0 Å². The van der Waals surface area contributed by atoms with E-state index in [0.29, 0.717) is 29.3 Å². The normalized spacial score (nSPS) is 22.8. The van der Waals surface area contributed by atoms with Gasteiger partial charge >= 0.3 is 0 Å². The summed E-state index contributed by atoms with van der Waals surface area (Å²) in [6.07, 6.45) is -0.0584. The van der Waals surface area contributed by atoms with Crippen LogP contribution in [0.25, 0.3) is 11.2 Å². The number of imidazole rings is 1. The van der Waals surface area contributed by atoms with Crippen molar-refractivity contribution in [3.05, 3.63) is 45.9 Å². The highest BCUT2D eigenvalue weighted by molar-refractivity contribution is 9.10. The largest absolute Gasteiger partial charge is 0.389 e. The Kier molecular flexibility index (Phi) is 5.07. The SMILES string of the molecule is O[C@@H]1[C@H](O)CS[C@H]1n1cnc2c(NCc3cccc(Br)c3)nc(Cl)nc21. The number of nitrogens with zero attached hydrogens (tertiary/aromatic N) is 4. The van der Waals surface area contributed by atoms with Crippen LogP contribution in [0.4, 0.5) is 5.82 Å². The molecule has 3 heterocycles. The first-order chi connectivity index (χ1) is 12.5. The van der Waals surface area contributed by atoms with Crippen molar-refractivity contribution >= 4 is 56.3 Å². The van der Waals surface area contributed by atoms with Crippen LogP contribution < -0.4 is 5.32 Å². The van der Waals surface area contributed by atoms with E-state index < -0.39 is 12.2 Å². The van der Waals surface area contributed by atoms with Gasteiger partial charge in [0.2, 0.25) is 5.28 Å². The van der Waals surface area contributed by atoms with Crippen molar-refractivity contribution in [1.29, 1.82) is 0 Å². The van der Waals surface area contributed by atoms with Gasteiger partial charge in [0.25, 0.3) is 0 Å². The zero-order valence-electron chi connectivity index (χ0n) is 13.4. The summed E-state index contributed by atoms with van der Waals surface area (Å²) in [4.78, 5) is 12.9. The molecule has 3 atom stereocenters. The summed E-state index contributed by atoms with van der Waals surface area (Å²) in [7, 11) is 0. The molecule has 1 aromatic carbocycles. The molecule has 0 unspecified atom stereocenters. The van der Waals surface area contributed by atoms with Gasteiger partial charge in [0, 0.05) is 16.8 Å². The fraction of sp³-hybridized carbons (Fsp3) is 0.312. The lowest BCUT2D eigenvalue weighted by molar-refractivity contribution is 0.0313. The van der Waals surface area contributed by atoms with E-state index in [4.69, 9.17) is 11.6 Å². The summed E-state index contributed by atoms with van der Waals surface area (Å²) >= 11 is 11.0. The van der Waals surface area contributed by atoms with Crippen molar-refractivity contribution in [2.24, 2.45) is 0 Å². The van der Waals surface area contributed by atoms with Crippen LogP contribution in [0.5, 0.6) is 0 Å². The molecular weight excluding hydrogens is 442 g/mol. The smallest absolute Gasteiger partial charge is 0.226 e. The molecule has 0 bridgehead atoms. The maximum atomic E-state index is 10.2. The van der Waals surface area contributed by atoms with Crippen LogP contribution in [-0.4, -0.2) is 47.7 Å². The Bertz CT molecular complexity index is 956. The first-order valence-electron chi connectivity index (χ1n) is 7.89. The molecule has 1 aliphatic rings. The van der Waals surface area contributed by atoms with Gasteiger partial charge in [-0.2, -0.15) is 9.97 Å². The van der Waals surface area contributed by atoms with Gasteiger partial charge < -0.3 is 15.5 Å². The number of aliphatic hydroxyl groups is 2. The van der Waals surface area contributed by atoms with Gasteiger partial charge in [-0.1, -0.05) is 28.1 Å². The number of aliphatic hydroxyl groups excluding tert-OH is 2. The molecule has 1 aliphatic heterocycles. The average molecular weight is 457 g/mol. The molecule has 0 amide bonds. The number of hydrogen-bond acceptors (Lipinski definition) is 7. The molecule has 7 nitrogen and oxygen atoms in total. The van der Waals surface area contributed by atoms with Crippen LogP contribution in [0.15, 0.2) is 35.1 Å². The number of nitrogens with one attached hydrogen (secondary N) is 1. The highest BCUT2D eigenvalue weighted by Crippen LogP contribution is 2.38. The number of aromatic nitrogens is 4. The van der Waals surface area contributed by atoms with E-state index in [1.165, 1.54) is 11.8 Å². The monoisotopic (exact) mass is 455 g/mol. The minimum absolute atomic E-state index is 0.0917. The average Bonchev–Trinajstić information content (AvgIpc) is 3.17. The van der Waals surface area contributed by atoms with Gasteiger partial charge in [-0.05, 0) is 29.3 Å². The second-order valence-corrected chi connectivity index (χ2v) is 8.33. The quantitative estimate of drug-likeness (QED) is 0.520. The summed E-state index contributed by atoms with van der Waals surface area (Å²) in [5.41, 5.74) is 2.16. The third-order valence-corrected chi connectivity index (χ3v) is 6.19. The van der Waals surface area contributed by atoms with Gasteiger partial charge in [0.05, 0.1) is 12.4 Å². The Morgan fingerprint density at radius 2 is 2.19 bits per heavy atom. The predicted molar refractivity (Wildman–Crippen MR) is 105 cm³/mol. The third kappa shape index (κ3) is 3.41. The number of halogens is 2. The molecule has 26 heavy (non-hydrogen) atoms. The summed E-state index contributed by atoms with van der Waals surface area (Å²) < 4.78 is 2.73. The highest BCUT2D eigenvalue weighted by Gasteiger charge is 2.36. The molecule has 0 radical (unpaired) electrons. The van der Waals surface area contributed by atoms with E-state index in [9.17, 15) is 10.2 Å². The number of thioether (sulfide) groups is 1. The second kappa shape index (κ2) is 7.32. The van der Waals surface area contributed by atoms with Crippen LogP contribution in [0, 0.1) is 0 Å². The number of hydrogen-bond donors (Lipinski definition) is 3.